The molecule has 0 aromatic carbocycles. The molecule has 5 heteroatoms. The molecule has 0 amide bonds. The van der Waals surface area contributed by atoms with Gasteiger partial charge < -0.3 is 0 Å². The number of nitriles is 1. The molecule has 0 radical (unpaired) electrons. The second kappa shape index (κ2) is 5.53. The summed E-state index contributed by atoms with van der Waals surface area (Å²) in [6.07, 6.45) is 8.84. The lowest BCUT2D eigenvalue weighted by Crippen LogP contribution is -2.27. The molecule has 0 unspecified atom stereocenters. The van der Waals surface area contributed by atoms with Gasteiger partial charge in [0.1, 0.15) is 5.02 Å². The largest absolute Gasteiger partial charge is 0.298 e. The topological polar surface area (TPSA) is 58.7 Å². The zero-order valence-electron chi connectivity index (χ0n) is 10.2. The molecule has 1 heterocycles. The van der Waals surface area contributed by atoms with Gasteiger partial charge in [0.2, 0.25) is 0 Å². The lowest BCUT2D eigenvalue weighted by molar-refractivity contribution is 0.236. The van der Waals surface area contributed by atoms with E-state index in [1.807, 2.05) is 0 Å². The Kier molecular flexibility index (Phi) is 4.03. The van der Waals surface area contributed by atoms with Gasteiger partial charge in [-0.05, 0) is 19.3 Å². The Morgan fingerprint density at radius 1 is 1.44 bits per heavy atom. The molecule has 1 saturated carbocycles. The smallest absolute Gasteiger partial charge is 0.272 e. The van der Waals surface area contributed by atoms with Crippen LogP contribution < -0.4 is 5.56 Å². The molecule has 0 bridgehead atoms. The van der Waals surface area contributed by atoms with Crippen molar-refractivity contribution in [2.45, 2.75) is 45.1 Å². The van der Waals surface area contributed by atoms with Crippen LogP contribution in [0.15, 0.2) is 17.3 Å². The molecule has 1 aliphatic rings. The molecule has 0 N–H and O–H groups in total. The van der Waals surface area contributed by atoms with Crippen LogP contribution in [0.5, 0.6) is 0 Å². The average Bonchev–Trinajstić information content (AvgIpc) is 2.41. The molecule has 0 atom stereocenters. The third-order valence-corrected chi connectivity index (χ3v) is 4.00. The number of aromatic nitrogens is 2. The highest BCUT2D eigenvalue weighted by atomic mass is 35.5. The molecule has 1 fully saturated rings. The first-order valence-electron chi connectivity index (χ1n) is 6.28. The minimum Gasteiger partial charge on any atom is -0.298 e. The van der Waals surface area contributed by atoms with E-state index in [9.17, 15) is 10.1 Å². The van der Waals surface area contributed by atoms with E-state index in [1.54, 1.807) is 0 Å². The van der Waals surface area contributed by atoms with E-state index in [-0.39, 0.29) is 16.0 Å². The van der Waals surface area contributed by atoms with Crippen molar-refractivity contribution in [3.63, 3.8) is 0 Å². The van der Waals surface area contributed by atoms with Crippen LogP contribution in [0.2, 0.25) is 5.02 Å². The summed E-state index contributed by atoms with van der Waals surface area (Å²) in [5.41, 5.74) is -0.490. The number of nitrogens with zero attached hydrogens (tertiary/aromatic N) is 3. The molecule has 0 saturated heterocycles. The predicted molar refractivity (Wildman–Crippen MR) is 69.3 cm³/mol. The van der Waals surface area contributed by atoms with Crippen molar-refractivity contribution in [1.29, 1.82) is 5.26 Å². The van der Waals surface area contributed by atoms with Crippen molar-refractivity contribution < 1.29 is 0 Å². The lowest BCUT2D eigenvalue weighted by Gasteiger charge is -2.30. The Morgan fingerprint density at radius 2 is 2.17 bits per heavy atom. The van der Waals surface area contributed by atoms with Gasteiger partial charge in [0, 0.05) is 6.54 Å². The average molecular weight is 266 g/mol. The van der Waals surface area contributed by atoms with Gasteiger partial charge >= 0.3 is 0 Å². The van der Waals surface area contributed by atoms with Gasteiger partial charge in [-0.2, -0.15) is 5.26 Å². The maximum atomic E-state index is 11.7. The maximum Gasteiger partial charge on any atom is 0.272 e. The standard InChI is InChI=1S/C13H16ClN3O/c14-11-8-16-10-17(12(11)18)7-6-13(9-15)4-2-1-3-5-13/h8,10H,1-7H2. The molecule has 1 aromatic rings. The summed E-state index contributed by atoms with van der Waals surface area (Å²) < 4.78 is 1.50. The van der Waals surface area contributed by atoms with Crippen LogP contribution in [0.25, 0.3) is 0 Å². The summed E-state index contributed by atoms with van der Waals surface area (Å²) in [4.78, 5) is 15.6. The summed E-state index contributed by atoms with van der Waals surface area (Å²) in [5, 5.41) is 9.50. The fourth-order valence-electron chi connectivity index (χ4n) is 2.56. The number of halogens is 1. The van der Waals surface area contributed by atoms with Crippen LogP contribution >= 0.6 is 11.6 Å². The van der Waals surface area contributed by atoms with E-state index < -0.39 is 0 Å². The Morgan fingerprint density at radius 3 is 2.83 bits per heavy atom. The summed E-state index contributed by atoms with van der Waals surface area (Å²) in [6.45, 7) is 0.514. The van der Waals surface area contributed by atoms with Crippen molar-refractivity contribution in [2.24, 2.45) is 5.41 Å². The minimum atomic E-state index is -0.264. The van der Waals surface area contributed by atoms with Gasteiger partial charge in [-0.25, -0.2) is 4.98 Å². The number of rotatable bonds is 3. The van der Waals surface area contributed by atoms with Gasteiger partial charge in [-0.3, -0.25) is 9.36 Å². The van der Waals surface area contributed by atoms with E-state index in [0.29, 0.717) is 13.0 Å². The second-order valence-corrected chi connectivity index (χ2v) is 5.35. The van der Waals surface area contributed by atoms with Gasteiger partial charge in [-0.15, -0.1) is 0 Å². The highest BCUT2D eigenvalue weighted by Gasteiger charge is 2.31. The van der Waals surface area contributed by atoms with E-state index in [4.69, 9.17) is 11.6 Å². The van der Waals surface area contributed by atoms with Crippen molar-refractivity contribution in [1.82, 2.24) is 9.55 Å². The van der Waals surface area contributed by atoms with Crippen molar-refractivity contribution in [2.75, 3.05) is 0 Å². The fraction of sp³-hybridized carbons (Fsp3) is 0.615. The predicted octanol–water partition coefficient (Wildman–Crippen LogP) is 2.76. The number of hydrogen-bond acceptors (Lipinski definition) is 3. The van der Waals surface area contributed by atoms with Crippen LogP contribution in [0.4, 0.5) is 0 Å². The first-order valence-corrected chi connectivity index (χ1v) is 6.66. The Labute approximate surface area is 111 Å². The Hall–Kier alpha value is -1.34. The zero-order chi connectivity index (χ0) is 13.0. The van der Waals surface area contributed by atoms with Crippen LogP contribution in [0, 0.1) is 16.7 Å². The fourth-order valence-corrected chi connectivity index (χ4v) is 2.73. The highest BCUT2D eigenvalue weighted by molar-refractivity contribution is 6.30. The third kappa shape index (κ3) is 2.73. The molecule has 1 aliphatic carbocycles. The normalized spacial score (nSPS) is 18.2. The van der Waals surface area contributed by atoms with Crippen molar-refractivity contribution >= 4 is 11.6 Å². The molecule has 96 valence electrons. The SMILES string of the molecule is N#CC1(CCn2cncc(Cl)c2=O)CCCCC1. The van der Waals surface area contributed by atoms with E-state index in [0.717, 1.165) is 25.7 Å². The minimum absolute atomic E-state index is 0.132. The molecule has 0 aliphatic heterocycles. The number of aryl methyl sites for hydroxylation is 1. The number of hydrogen-bond donors (Lipinski definition) is 0. The van der Waals surface area contributed by atoms with Crippen molar-refractivity contribution in [3.05, 3.63) is 27.9 Å². The maximum absolute atomic E-state index is 11.7. The second-order valence-electron chi connectivity index (χ2n) is 4.94. The molecule has 4 nitrogen and oxygen atoms in total. The van der Waals surface area contributed by atoms with E-state index >= 15 is 0 Å². The molecule has 18 heavy (non-hydrogen) atoms. The van der Waals surface area contributed by atoms with E-state index in [1.165, 1.54) is 23.5 Å². The van der Waals surface area contributed by atoms with Gasteiger partial charge in [0.15, 0.2) is 0 Å². The quantitative estimate of drug-likeness (QED) is 0.844. The third-order valence-electron chi connectivity index (χ3n) is 3.74. The zero-order valence-corrected chi connectivity index (χ0v) is 11.0. The summed E-state index contributed by atoms with van der Waals surface area (Å²) in [7, 11) is 0. The first kappa shape index (κ1) is 13.1. The van der Waals surface area contributed by atoms with E-state index in [2.05, 4.69) is 11.1 Å². The highest BCUT2D eigenvalue weighted by Crippen LogP contribution is 2.38. The van der Waals surface area contributed by atoms with Crippen LogP contribution in [-0.4, -0.2) is 9.55 Å². The molecular formula is C13H16ClN3O. The Bertz CT molecular complexity index is 512. The van der Waals surface area contributed by atoms with Gasteiger partial charge in [-0.1, -0.05) is 30.9 Å². The van der Waals surface area contributed by atoms with Crippen LogP contribution in [0.3, 0.4) is 0 Å². The van der Waals surface area contributed by atoms with Gasteiger partial charge in [0.05, 0.1) is 24.0 Å². The van der Waals surface area contributed by atoms with Crippen molar-refractivity contribution in [3.8, 4) is 6.07 Å². The first-order chi connectivity index (χ1) is 8.67. The molecule has 1 aromatic heterocycles. The molecule has 0 spiro atoms. The lowest BCUT2D eigenvalue weighted by atomic mass is 9.73. The van der Waals surface area contributed by atoms with Gasteiger partial charge in [0.25, 0.3) is 5.56 Å². The molecule has 2 rings (SSSR count). The van der Waals surface area contributed by atoms with Crippen LogP contribution in [0.1, 0.15) is 38.5 Å². The Balaban J connectivity index is 2.09. The molecular weight excluding hydrogens is 250 g/mol. The summed E-state index contributed by atoms with van der Waals surface area (Å²) in [5.74, 6) is 0. The summed E-state index contributed by atoms with van der Waals surface area (Å²) >= 11 is 5.74. The van der Waals surface area contributed by atoms with Crippen LogP contribution in [-0.2, 0) is 6.54 Å². The summed E-state index contributed by atoms with van der Waals surface area (Å²) in [6, 6.07) is 2.45. The monoisotopic (exact) mass is 265 g/mol.